The summed E-state index contributed by atoms with van der Waals surface area (Å²) < 4.78 is 24.1. The van der Waals surface area contributed by atoms with Crippen molar-refractivity contribution < 1.29 is 32.4 Å². The van der Waals surface area contributed by atoms with E-state index in [0.29, 0.717) is 52.0 Å². The van der Waals surface area contributed by atoms with E-state index in [1.807, 2.05) is 79.1 Å². The highest BCUT2D eigenvalue weighted by Gasteiger charge is 2.39. The van der Waals surface area contributed by atoms with Crippen LogP contribution in [0.25, 0.3) is 72.3 Å². The number of rotatable bonds is 10. The first-order chi connectivity index (χ1) is 31.2. The molecule has 7 aromatic heterocycles. The number of furan rings is 3. The van der Waals surface area contributed by atoms with Gasteiger partial charge in [-0.1, -0.05) is 48.5 Å². The maximum absolute atomic E-state index is 14.3. The second-order valence-corrected chi connectivity index (χ2v) is 16.9. The zero-order valence-corrected chi connectivity index (χ0v) is 36.0. The highest BCUT2D eigenvalue weighted by Crippen LogP contribution is 2.40. The summed E-state index contributed by atoms with van der Waals surface area (Å²) in [5.74, 6) is 0.469. The van der Waals surface area contributed by atoms with Crippen LogP contribution in [0, 0.1) is 0 Å². The maximum atomic E-state index is 14.3. The Labute approximate surface area is 373 Å². The van der Waals surface area contributed by atoms with Crippen LogP contribution in [0.3, 0.4) is 0 Å². The van der Waals surface area contributed by atoms with Gasteiger partial charge >= 0.3 is 0 Å². The number of hydrogen-bond donors (Lipinski definition) is 0. The summed E-state index contributed by atoms with van der Waals surface area (Å²) in [6.07, 6.45) is 4.91. The number of nitrogens with zero attached hydrogens (tertiary/aromatic N) is 5. The minimum atomic E-state index is -0.508. The average Bonchev–Trinajstić information content (AvgIpc) is 4.18. The molecule has 0 atom stereocenters. The molecule has 11 rings (SSSR count). The first-order valence-corrected chi connectivity index (χ1v) is 22.0. The number of aromatic nitrogens is 3. The SMILES string of the molecule is CCN1C(=O)/C(=C/c2cc3oc(-c4ccccc4)cc3n2CC)C(=O)N(CCc2ccc(-n3c(/C=C4/C(=O)c5cccnc5C4=O)cc4oc(-c5cc6ccccc6s5)cc43)o2)C1=S. The van der Waals surface area contributed by atoms with Gasteiger partial charge < -0.3 is 17.8 Å². The molecule has 1 aliphatic carbocycles. The van der Waals surface area contributed by atoms with Gasteiger partial charge in [0.05, 0.1) is 32.7 Å². The molecule has 0 radical (unpaired) electrons. The molecule has 0 saturated carbocycles. The summed E-state index contributed by atoms with van der Waals surface area (Å²) in [7, 11) is 0. The number of Topliss-reactive ketones (excluding diaryl/α,β-unsaturated/α-hetero) is 2. The van der Waals surface area contributed by atoms with E-state index in [1.165, 1.54) is 16.0 Å². The third-order valence-electron chi connectivity index (χ3n) is 11.7. The predicted octanol–water partition coefficient (Wildman–Crippen LogP) is 10.4. The number of allylic oxidation sites excluding steroid dienone is 1. The number of ketones is 2. The van der Waals surface area contributed by atoms with E-state index in [0.717, 1.165) is 31.8 Å². The minimum absolute atomic E-state index is 0.0103. The summed E-state index contributed by atoms with van der Waals surface area (Å²) in [4.78, 5) is 63.0. The second-order valence-electron chi connectivity index (χ2n) is 15.4. The van der Waals surface area contributed by atoms with E-state index in [1.54, 1.807) is 58.4 Å². The molecule has 2 amide bonds. The van der Waals surface area contributed by atoms with Gasteiger partial charge in [0, 0.05) is 78.5 Å². The van der Waals surface area contributed by atoms with E-state index in [4.69, 9.17) is 25.5 Å². The first-order valence-electron chi connectivity index (χ1n) is 20.8. The number of benzene rings is 2. The van der Waals surface area contributed by atoms with Crippen molar-refractivity contribution in [2.75, 3.05) is 13.1 Å². The molecular weight excluding hydrogens is 847 g/mol. The van der Waals surface area contributed by atoms with Crippen molar-refractivity contribution in [1.82, 2.24) is 23.9 Å². The van der Waals surface area contributed by atoms with E-state index in [-0.39, 0.29) is 47.0 Å². The molecule has 2 aliphatic rings. The van der Waals surface area contributed by atoms with Crippen LogP contribution in [-0.4, -0.2) is 65.5 Å². The van der Waals surface area contributed by atoms with Gasteiger partial charge in [0.15, 0.2) is 22.1 Å². The van der Waals surface area contributed by atoms with Crippen molar-refractivity contribution in [3.63, 3.8) is 0 Å². The lowest BCUT2D eigenvalue weighted by Gasteiger charge is -2.36. The Hall–Kier alpha value is -7.68. The van der Waals surface area contributed by atoms with Crippen LogP contribution in [0.15, 0.2) is 140 Å². The van der Waals surface area contributed by atoms with Crippen LogP contribution >= 0.6 is 23.6 Å². The molecule has 8 heterocycles. The molecule has 0 N–H and O–H groups in total. The zero-order chi connectivity index (χ0) is 43.8. The number of carbonyl (C=O) groups excluding carboxylic acids is 4. The lowest BCUT2D eigenvalue weighted by atomic mass is 10.1. The number of pyridine rings is 1. The van der Waals surface area contributed by atoms with Crippen LogP contribution in [0.2, 0.25) is 0 Å². The quantitative estimate of drug-likeness (QED) is 0.0747. The lowest BCUT2D eigenvalue weighted by molar-refractivity contribution is -0.133. The van der Waals surface area contributed by atoms with E-state index >= 15 is 0 Å². The molecule has 12 nitrogen and oxygen atoms in total. The largest absolute Gasteiger partial charge is 0.454 e. The number of amides is 2. The van der Waals surface area contributed by atoms with Gasteiger partial charge in [0.2, 0.25) is 11.7 Å². The van der Waals surface area contributed by atoms with Crippen molar-refractivity contribution in [2.45, 2.75) is 26.8 Å². The molecule has 1 aliphatic heterocycles. The maximum Gasteiger partial charge on any atom is 0.265 e. The Morgan fingerprint density at radius 3 is 2.22 bits per heavy atom. The molecule has 0 bridgehead atoms. The average molecular weight is 882 g/mol. The number of hydrogen-bond acceptors (Lipinski definition) is 10. The molecular formula is C50H35N5O7S2. The Balaban J connectivity index is 0.914. The van der Waals surface area contributed by atoms with Crippen LogP contribution < -0.4 is 0 Å². The predicted molar refractivity (Wildman–Crippen MR) is 248 cm³/mol. The number of likely N-dealkylation sites (N-methyl/N-ethyl adjacent to an activating group) is 1. The molecule has 1 saturated heterocycles. The van der Waals surface area contributed by atoms with Crippen LogP contribution in [0.1, 0.15) is 51.8 Å². The zero-order valence-electron chi connectivity index (χ0n) is 34.4. The molecule has 1 fully saturated rings. The number of thiophene rings is 1. The first kappa shape index (κ1) is 39.2. The van der Waals surface area contributed by atoms with Crippen molar-refractivity contribution >= 4 is 96.5 Å². The summed E-state index contributed by atoms with van der Waals surface area (Å²) in [6, 6.07) is 34.3. The molecule has 2 aromatic carbocycles. The summed E-state index contributed by atoms with van der Waals surface area (Å²) >= 11 is 7.37. The van der Waals surface area contributed by atoms with Gasteiger partial charge in [-0.15, -0.1) is 11.3 Å². The van der Waals surface area contributed by atoms with Crippen molar-refractivity contribution in [1.29, 1.82) is 0 Å². The fourth-order valence-corrected chi connectivity index (χ4v) is 9.98. The number of thiocarbonyl (C=S) groups is 1. The van der Waals surface area contributed by atoms with E-state index in [9.17, 15) is 19.2 Å². The van der Waals surface area contributed by atoms with Gasteiger partial charge in [-0.3, -0.25) is 38.5 Å². The Kier molecular flexibility index (Phi) is 9.36. The number of fused-ring (bicyclic) bond motifs is 4. The molecule has 14 heteroatoms. The van der Waals surface area contributed by atoms with E-state index in [2.05, 4.69) is 23.2 Å². The molecule has 0 spiro atoms. The third kappa shape index (κ3) is 6.32. The van der Waals surface area contributed by atoms with Gasteiger partial charge in [-0.2, -0.15) is 0 Å². The molecule has 0 unspecified atom stereocenters. The second kappa shape index (κ2) is 15.3. The minimum Gasteiger partial charge on any atom is -0.454 e. The fourth-order valence-electron chi connectivity index (χ4n) is 8.58. The summed E-state index contributed by atoms with van der Waals surface area (Å²) in [5, 5.41) is 1.21. The third-order valence-corrected chi connectivity index (χ3v) is 13.3. The molecule has 314 valence electrons. The summed E-state index contributed by atoms with van der Waals surface area (Å²) in [6.45, 7) is 4.78. The Morgan fingerprint density at radius 1 is 0.688 bits per heavy atom. The summed E-state index contributed by atoms with van der Waals surface area (Å²) in [5.41, 5.74) is 5.13. The van der Waals surface area contributed by atoms with E-state index < -0.39 is 23.4 Å². The van der Waals surface area contributed by atoms with Crippen LogP contribution in [-0.2, 0) is 22.6 Å². The van der Waals surface area contributed by atoms with Crippen LogP contribution in [0.4, 0.5) is 0 Å². The fraction of sp³-hybridized carbons (Fsp3) is 0.120. The standard InChI is InChI=1S/C50H35N5O7S2/c1-3-52-30(24-39-36(52)26-38(61-39)28-11-6-5-7-12-28)22-35-48(58)53(4-2)50(63)54(49(35)59)20-18-32-16-17-44(60-32)55-31(23-34-46(56)33-14-10-19-51-45(33)47(34)57)25-40-37(55)27-41(62-40)43-21-29-13-8-9-15-42(29)64-43/h5-17,19,21-27H,3-4,18,20H2,1-2H3/b34-23-,35-22-. The highest BCUT2D eigenvalue weighted by atomic mass is 32.1. The topological polar surface area (TPSA) is 137 Å². The molecule has 64 heavy (non-hydrogen) atoms. The van der Waals surface area contributed by atoms with Gasteiger partial charge in [-0.25, -0.2) is 0 Å². The Bertz CT molecular complexity index is 3430. The van der Waals surface area contributed by atoms with Crippen molar-refractivity contribution in [3.8, 4) is 27.8 Å². The van der Waals surface area contributed by atoms with Gasteiger partial charge in [-0.05, 0) is 73.9 Å². The molecule has 9 aromatic rings. The smallest absolute Gasteiger partial charge is 0.265 e. The lowest BCUT2D eigenvalue weighted by Crippen LogP contribution is -2.56. The normalized spacial score (nSPS) is 15.8. The van der Waals surface area contributed by atoms with Crippen LogP contribution in [0.5, 0.6) is 0 Å². The van der Waals surface area contributed by atoms with Crippen molar-refractivity contribution in [3.05, 3.63) is 155 Å². The van der Waals surface area contributed by atoms with Gasteiger partial charge in [0.1, 0.15) is 28.5 Å². The number of aryl methyl sites for hydroxylation is 1. The number of carbonyl (C=O) groups is 4. The van der Waals surface area contributed by atoms with Crippen molar-refractivity contribution in [2.24, 2.45) is 0 Å². The monoisotopic (exact) mass is 881 g/mol. The Morgan fingerprint density at radius 2 is 1.42 bits per heavy atom. The highest BCUT2D eigenvalue weighted by molar-refractivity contribution is 7.80. The van der Waals surface area contributed by atoms with Gasteiger partial charge in [0.25, 0.3) is 11.8 Å².